The summed E-state index contributed by atoms with van der Waals surface area (Å²) >= 11 is 0. The second-order valence-electron chi connectivity index (χ2n) is 7.25. The van der Waals surface area contributed by atoms with Crippen molar-refractivity contribution in [2.45, 2.75) is 52.4 Å². The molecule has 0 spiro atoms. The molecule has 2 aliphatic rings. The van der Waals surface area contributed by atoms with Gasteiger partial charge in [-0.05, 0) is 37.0 Å². The molecule has 2 fully saturated rings. The number of likely N-dealkylation sites (tertiary alicyclic amines) is 1. The highest BCUT2D eigenvalue weighted by Crippen LogP contribution is 2.38. The van der Waals surface area contributed by atoms with Gasteiger partial charge in [0, 0.05) is 19.0 Å². The zero-order chi connectivity index (χ0) is 14.3. The fourth-order valence-corrected chi connectivity index (χ4v) is 3.00. The fourth-order valence-electron chi connectivity index (χ4n) is 3.00. The molecule has 0 atom stereocenters. The predicted octanol–water partition coefficient (Wildman–Crippen LogP) is 2.58. The molecule has 0 bridgehead atoms. The number of hydrogen-bond acceptors (Lipinski definition) is 3. The number of aromatic amines is 1. The topological polar surface area (TPSA) is 61.9 Å². The van der Waals surface area contributed by atoms with Crippen LogP contribution in [0, 0.1) is 11.3 Å². The molecule has 1 aliphatic carbocycles. The molecule has 1 saturated heterocycles. The van der Waals surface area contributed by atoms with Crippen molar-refractivity contribution in [3.63, 3.8) is 0 Å². The van der Waals surface area contributed by atoms with Crippen LogP contribution in [0.2, 0.25) is 0 Å². The van der Waals surface area contributed by atoms with Gasteiger partial charge in [0.05, 0.1) is 0 Å². The summed E-state index contributed by atoms with van der Waals surface area (Å²) in [6.07, 6.45) is 4.49. The summed E-state index contributed by atoms with van der Waals surface area (Å²) in [7, 11) is 0. The van der Waals surface area contributed by atoms with E-state index in [4.69, 9.17) is 0 Å². The molecule has 0 aromatic carbocycles. The molecule has 0 radical (unpaired) electrons. The van der Waals surface area contributed by atoms with Crippen LogP contribution >= 0.6 is 0 Å². The van der Waals surface area contributed by atoms with Crippen molar-refractivity contribution in [2.75, 3.05) is 13.1 Å². The molecule has 5 heteroatoms. The number of piperidine rings is 1. The molecule has 1 aromatic rings. The van der Waals surface area contributed by atoms with E-state index < -0.39 is 0 Å². The number of hydrogen-bond donors (Lipinski definition) is 1. The van der Waals surface area contributed by atoms with Crippen molar-refractivity contribution >= 4 is 5.91 Å². The van der Waals surface area contributed by atoms with Gasteiger partial charge < -0.3 is 4.90 Å². The summed E-state index contributed by atoms with van der Waals surface area (Å²) < 4.78 is 0. The molecular formula is C15H24N4O. The van der Waals surface area contributed by atoms with Gasteiger partial charge in [0.25, 0.3) is 5.91 Å². The molecule has 1 amide bonds. The van der Waals surface area contributed by atoms with Crippen molar-refractivity contribution in [3.05, 3.63) is 11.6 Å². The van der Waals surface area contributed by atoms with Crippen LogP contribution in [0.15, 0.2) is 0 Å². The largest absolute Gasteiger partial charge is 0.336 e. The lowest BCUT2D eigenvalue weighted by Gasteiger charge is -2.38. The molecule has 0 unspecified atom stereocenters. The molecule has 1 N–H and O–H groups in total. The number of H-pyrrole nitrogens is 1. The number of carbonyl (C=O) groups excluding carboxylic acids is 1. The summed E-state index contributed by atoms with van der Waals surface area (Å²) in [4.78, 5) is 18.7. The Morgan fingerprint density at radius 3 is 2.40 bits per heavy atom. The Kier molecular flexibility index (Phi) is 3.30. The van der Waals surface area contributed by atoms with E-state index >= 15 is 0 Å². The number of amides is 1. The van der Waals surface area contributed by atoms with Crippen molar-refractivity contribution < 1.29 is 4.79 Å². The lowest BCUT2D eigenvalue weighted by Crippen LogP contribution is -2.41. The Morgan fingerprint density at radius 2 is 1.85 bits per heavy atom. The molecule has 1 saturated carbocycles. The van der Waals surface area contributed by atoms with Crippen molar-refractivity contribution in [3.8, 4) is 0 Å². The Hall–Kier alpha value is -1.39. The average Bonchev–Trinajstić information content (AvgIpc) is 3.15. The van der Waals surface area contributed by atoms with E-state index in [1.54, 1.807) is 0 Å². The van der Waals surface area contributed by atoms with Crippen LogP contribution in [0.1, 0.15) is 68.8 Å². The molecule has 2 heterocycles. The quantitative estimate of drug-likeness (QED) is 0.903. The van der Waals surface area contributed by atoms with Gasteiger partial charge in [0.15, 0.2) is 0 Å². The van der Waals surface area contributed by atoms with E-state index in [-0.39, 0.29) is 5.91 Å². The first kappa shape index (κ1) is 13.6. The van der Waals surface area contributed by atoms with Crippen LogP contribution in [0.4, 0.5) is 0 Å². The van der Waals surface area contributed by atoms with Gasteiger partial charge >= 0.3 is 0 Å². The highest BCUT2D eigenvalue weighted by Gasteiger charge is 2.33. The maximum Gasteiger partial charge on any atom is 0.293 e. The number of rotatable bonds is 2. The SMILES string of the molecule is CC(C)(C)C1CCN(C(=O)c2n[nH]c(C3CC3)n2)CC1. The maximum absolute atomic E-state index is 12.4. The van der Waals surface area contributed by atoms with Crippen molar-refractivity contribution in [1.82, 2.24) is 20.1 Å². The average molecular weight is 276 g/mol. The van der Waals surface area contributed by atoms with E-state index in [0.29, 0.717) is 23.1 Å². The summed E-state index contributed by atoms with van der Waals surface area (Å²) in [6, 6.07) is 0. The van der Waals surface area contributed by atoms with E-state index in [0.717, 1.165) is 31.8 Å². The molecule has 3 rings (SSSR count). The number of carbonyl (C=O) groups is 1. The van der Waals surface area contributed by atoms with Gasteiger partial charge in [0.1, 0.15) is 5.82 Å². The Balaban J connectivity index is 1.60. The minimum Gasteiger partial charge on any atom is -0.336 e. The normalized spacial score (nSPS) is 21.2. The summed E-state index contributed by atoms with van der Waals surface area (Å²) in [5.74, 6) is 2.43. The molecule has 5 nitrogen and oxygen atoms in total. The smallest absolute Gasteiger partial charge is 0.293 e. The number of aromatic nitrogens is 3. The van der Waals surface area contributed by atoms with E-state index in [1.165, 1.54) is 12.8 Å². The zero-order valence-corrected chi connectivity index (χ0v) is 12.6. The highest BCUT2D eigenvalue weighted by molar-refractivity contribution is 5.90. The third-order valence-electron chi connectivity index (χ3n) is 4.66. The first-order chi connectivity index (χ1) is 9.45. The van der Waals surface area contributed by atoms with Gasteiger partial charge in [-0.15, -0.1) is 5.10 Å². The first-order valence-electron chi connectivity index (χ1n) is 7.66. The van der Waals surface area contributed by atoms with Crippen LogP contribution in [-0.2, 0) is 0 Å². The Morgan fingerprint density at radius 1 is 1.20 bits per heavy atom. The molecular weight excluding hydrogens is 252 g/mol. The van der Waals surface area contributed by atoms with Crippen LogP contribution in [-0.4, -0.2) is 39.1 Å². The minimum atomic E-state index is -0.0134. The molecule has 1 aliphatic heterocycles. The van der Waals surface area contributed by atoms with Gasteiger partial charge in [-0.3, -0.25) is 9.89 Å². The molecule has 110 valence electrons. The third-order valence-corrected chi connectivity index (χ3v) is 4.66. The summed E-state index contributed by atoms with van der Waals surface area (Å²) in [5, 5.41) is 7.01. The fraction of sp³-hybridized carbons (Fsp3) is 0.800. The Bertz CT molecular complexity index is 490. The van der Waals surface area contributed by atoms with Crippen molar-refractivity contribution in [1.29, 1.82) is 0 Å². The van der Waals surface area contributed by atoms with Gasteiger partial charge in [-0.2, -0.15) is 0 Å². The molecule has 20 heavy (non-hydrogen) atoms. The molecule has 1 aromatic heterocycles. The maximum atomic E-state index is 12.4. The predicted molar refractivity (Wildman–Crippen MR) is 76.4 cm³/mol. The zero-order valence-electron chi connectivity index (χ0n) is 12.6. The number of nitrogens with zero attached hydrogens (tertiary/aromatic N) is 3. The van der Waals surface area contributed by atoms with Crippen LogP contribution in [0.25, 0.3) is 0 Å². The lowest BCUT2D eigenvalue weighted by molar-refractivity contribution is 0.0597. The second-order valence-corrected chi connectivity index (χ2v) is 7.25. The Labute approximate surface area is 120 Å². The summed E-state index contributed by atoms with van der Waals surface area (Å²) in [5.41, 5.74) is 0.332. The van der Waals surface area contributed by atoms with Gasteiger partial charge in [-0.1, -0.05) is 20.8 Å². The minimum absolute atomic E-state index is 0.0134. The standard InChI is InChI=1S/C15H24N4O/c1-15(2,3)11-6-8-19(9-7-11)14(20)13-16-12(17-18-13)10-4-5-10/h10-11H,4-9H2,1-3H3,(H,16,17,18). The first-order valence-corrected chi connectivity index (χ1v) is 7.66. The van der Waals surface area contributed by atoms with Crippen LogP contribution in [0.3, 0.4) is 0 Å². The third kappa shape index (κ3) is 2.72. The lowest BCUT2D eigenvalue weighted by atomic mass is 9.75. The summed E-state index contributed by atoms with van der Waals surface area (Å²) in [6.45, 7) is 8.51. The van der Waals surface area contributed by atoms with Crippen LogP contribution in [0.5, 0.6) is 0 Å². The van der Waals surface area contributed by atoms with E-state index in [9.17, 15) is 4.79 Å². The van der Waals surface area contributed by atoms with Crippen LogP contribution < -0.4 is 0 Å². The van der Waals surface area contributed by atoms with E-state index in [1.807, 2.05) is 4.90 Å². The van der Waals surface area contributed by atoms with Crippen molar-refractivity contribution in [2.24, 2.45) is 11.3 Å². The van der Waals surface area contributed by atoms with E-state index in [2.05, 4.69) is 36.0 Å². The monoisotopic (exact) mass is 276 g/mol. The van der Waals surface area contributed by atoms with Gasteiger partial charge in [0.2, 0.25) is 5.82 Å². The van der Waals surface area contributed by atoms with Gasteiger partial charge in [-0.25, -0.2) is 4.98 Å². The second kappa shape index (κ2) is 4.86. The highest BCUT2D eigenvalue weighted by atomic mass is 16.2. The number of nitrogens with one attached hydrogen (secondary N) is 1.